The molecular formula is C11H13N3OS3. The number of aromatic nitrogens is 2. The summed E-state index contributed by atoms with van der Waals surface area (Å²) in [5, 5.41) is 13.8. The van der Waals surface area contributed by atoms with Crippen molar-refractivity contribution in [3.63, 3.8) is 0 Å². The van der Waals surface area contributed by atoms with Crippen LogP contribution in [0.25, 0.3) is 0 Å². The lowest BCUT2D eigenvalue weighted by molar-refractivity contribution is -0.119. The van der Waals surface area contributed by atoms with Crippen molar-refractivity contribution >= 4 is 40.3 Å². The van der Waals surface area contributed by atoms with Gasteiger partial charge in [-0.15, -0.1) is 21.5 Å². The van der Waals surface area contributed by atoms with Gasteiger partial charge in [0.2, 0.25) is 5.91 Å². The highest BCUT2D eigenvalue weighted by atomic mass is 32.2. The van der Waals surface area contributed by atoms with Gasteiger partial charge in [-0.3, -0.25) is 4.79 Å². The van der Waals surface area contributed by atoms with Gasteiger partial charge in [-0.2, -0.15) is 0 Å². The molecule has 0 unspecified atom stereocenters. The van der Waals surface area contributed by atoms with E-state index in [0.29, 0.717) is 5.75 Å². The maximum atomic E-state index is 11.8. The second kappa shape index (κ2) is 6.31. The Kier molecular flexibility index (Phi) is 4.73. The summed E-state index contributed by atoms with van der Waals surface area (Å²) in [7, 11) is 0. The molecule has 7 heteroatoms. The SMILES string of the molecule is Cc1nnc(SCC(=O)N[C@@H](C)c2cccs2)s1. The van der Waals surface area contributed by atoms with Crippen molar-refractivity contribution in [2.45, 2.75) is 24.2 Å². The third-order valence-electron chi connectivity index (χ3n) is 2.18. The minimum Gasteiger partial charge on any atom is -0.348 e. The van der Waals surface area contributed by atoms with Gasteiger partial charge in [-0.05, 0) is 25.3 Å². The molecule has 1 atom stereocenters. The quantitative estimate of drug-likeness (QED) is 0.863. The van der Waals surface area contributed by atoms with Crippen LogP contribution in [0.15, 0.2) is 21.9 Å². The zero-order chi connectivity index (χ0) is 13.0. The summed E-state index contributed by atoms with van der Waals surface area (Å²) in [6.07, 6.45) is 0. The molecule has 96 valence electrons. The molecule has 0 aliphatic carbocycles. The van der Waals surface area contributed by atoms with Crippen LogP contribution in [0.5, 0.6) is 0 Å². The molecule has 1 amide bonds. The largest absolute Gasteiger partial charge is 0.348 e. The molecule has 0 bridgehead atoms. The average Bonchev–Trinajstić information content (AvgIpc) is 2.97. The van der Waals surface area contributed by atoms with Gasteiger partial charge in [0, 0.05) is 4.88 Å². The Morgan fingerprint density at radius 1 is 1.56 bits per heavy atom. The minimum absolute atomic E-state index is 0.0220. The summed E-state index contributed by atoms with van der Waals surface area (Å²) in [5.41, 5.74) is 0. The molecular weight excluding hydrogens is 286 g/mol. The highest BCUT2D eigenvalue weighted by Crippen LogP contribution is 2.22. The Hall–Kier alpha value is -0.920. The van der Waals surface area contributed by atoms with Gasteiger partial charge in [0.25, 0.3) is 0 Å². The number of thiophene rings is 1. The van der Waals surface area contributed by atoms with Crippen LogP contribution in [0.3, 0.4) is 0 Å². The highest BCUT2D eigenvalue weighted by molar-refractivity contribution is 8.01. The maximum Gasteiger partial charge on any atom is 0.230 e. The molecule has 0 aromatic carbocycles. The number of thioether (sulfide) groups is 1. The van der Waals surface area contributed by atoms with Crippen molar-refractivity contribution < 1.29 is 4.79 Å². The van der Waals surface area contributed by atoms with E-state index in [1.54, 1.807) is 11.3 Å². The van der Waals surface area contributed by atoms with Gasteiger partial charge in [-0.25, -0.2) is 0 Å². The van der Waals surface area contributed by atoms with Crippen LogP contribution in [-0.2, 0) is 4.79 Å². The number of hydrogen-bond donors (Lipinski definition) is 1. The number of nitrogens with zero attached hydrogens (tertiary/aromatic N) is 2. The molecule has 2 aromatic rings. The number of rotatable bonds is 5. The fraction of sp³-hybridized carbons (Fsp3) is 0.364. The first kappa shape index (κ1) is 13.5. The first-order valence-corrected chi connectivity index (χ1v) is 8.09. The monoisotopic (exact) mass is 299 g/mol. The summed E-state index contributed by atoms with van der Waals surface area (Å²) >= 11 is 4.58. The van der Waals surface area contributed by atoms with Gasteiger partial charge in [-0.1, -0.05) is 29.2 Å². The van der Waals surface area contributed by atoms with Crippen molar-refractivity contribution in [2.24, 2.45) is 0 Å². The number of carbonyl (C=O) groups excluding carboxylic acids is 1. The van der Waals surface area contributed by atoms with E-state index in [2.05, 4.69) is 15.5 Å². The zero-order valence-electron chi connectivity index (χ0n) is 10.0. The summed E-state index contributed by atoms with van der Waals surface area (Å²) in [6.45, 7) is 3.89. The topological polar surface area (TPSA) is 54.9 Å². The molecule has 1 N–H and O–H groups in total. The van der Waals surface area contributed by atoms with Crippen LogP contribution in [-0.4, -0.2) is 21.9 Å². The third-order valence-corrected chi connectivity index (χ3v) is 5.21. The molecule has 2 heterocycles. The molecule has 2 aromatic heterocycles. The minimum atomic E-state index is 0.0220. The highest BCUT2D eigenvalue weighted by Gasteiger charge is 2.11. The van der Waals surface area contributed by atoms with Crippen LogP contribution in [0.1, 0.15) is 22.9 Å². The molecule has 2 rings (SSSR count). The average molecular weight is 299 g/mol. The van der Waals surface area contributed by atoms with E-state index in [4.69, 9.17) is 0 Å². The lowest BCUT2D eigenvalue weighted by atomic mass is 10.3. The summed E-state index contributed by atoms with van der Waals surface area (Å²) in [5.74, 6) is 0.401. The first-order valence-electron chi connectivity index (χ1n) is 5.41. The van der Waals surface area contributed by atoms with E-state index in [1.807, 2.05) is 31.4 Å². The smallest absolute Gasteiger partial charge is 0.230 e. The Bertz CT molecular complexity index is 509. The number of carbonyl (C=O) groups is 1. The van der Waals surface area contributed by atoms with Crippen LogP contribution in [0.2, 0.25) is 0 Å². The molecule has 0 saturated heterocycles. The van der Waals surface area contributed by atoms with E-state index in [0.717, 1.165) is 9.35 Å². The first-order chi connectivity index (χ1) is 8.65. The van der Waals surface area contributed by atoms with Gasteiger partial charge in [0.15, 0.2) is 4.34 Å². The van der Waals surface area contributed by atoms with Crippen molar-refractivity contribution in [3.8, 4) is 0 Å². The van der Waals surface area contributed by atoms with Crippen LogP contribution in [0.4, 0.5) is 0 Å². The lowest BCUT2D eigenvalue weighted by Gasteiger charge is -2.11. The van der Waals surface area contributed by atoms with E-state index in [-0.39, 0.29) is 11.9 Å². The number of amides is 1. The van der Waals surface area contributed by atoms with E-state index in [9.17, 15) is 4.79 Å². The Morgan fingerprint density at radius 3 is 3.00 bits per heavy atom. The van der Waals surface area contributed by atoms with Crippen LogP contribution >= 0.6 is 34.4 Å². The summed E-state index contributed by atoms with van der Waals surface area (Å²) < 4.78 is 0.839. The van der Waals surface area contributed by atoms with Crippen molar-refractivity contribution in [1.82, 2.24) is 15.5 Å². The molecule has 0 aliphatic rings. The fourth-order valence-corrected chi connectivity index (χ4v) is 3.72. The molecule has 0 fully saturated rings. The molecule has 0 aliphatic heterocycles. The van der Waals surface area contributed by atoms with E-state index >= 15 is 0 Å². The van der Waals surface area contributed by atoms with Crippen molar-refractivity contribution in [3.05, 3.63) is 27.4 Å². The fourth-order valence-electron chi connectivity index (χ4n) is 1.36. The second-order valence-electron chi connectivity index (χ2n) is 3.68. The van der Waals surface area contributed by atoms with Gasteiger partial charge in [0.1, 0.15) is 5.01 Å². The zero-order valence-corrected chi connectivity index (χ0v) is 12.5. The number of aryl methyl sites for hydroxylation is 1. The molecule has 4 nitrogen and oxygen atoms in total. The van der Waals surface area contributed by atoms with Crippen molar-refractivity contribution in [1.29, 1.82) is 0 Å². The van der Waals surface area contributed by atoms with E-state index in [1.165, 1.54) is 28.0 Å². The lowest BCUT2D eigenvalue weighted by Crippen LogP contribution is -2.27. The predicted octanol–water partition coefficient (Wildman–Crippen LogP) is 2.88. The van der Waals surface area contributed by atoms with Crippen molar-refractivity contribution in [2.75, 3.05) is 5.75 Å². The number of hydrogen-bond acceptors (Lipinski definition) is 6. The molecule has 0 radical (unpaired) electrons. The summed E-state index contributed by atoms with van der Waals surface area (Å²) in [4.78, 5) is 12.9. The normalized spacial score (nSPS) is 12.3. The second-order valence-corrected chi connectivity index (χ2v) is 7.06. The summed E-state index contributed by atoms with van der Waals surface area (Å²) in [6, 6.07) is 4.08. The van der Waals surface area contributed by atoms with Crippen LogP contribution < -0.4 is 5.32 Å². The number of nitrogens with one attached hydrogen (secondary N) is 1. The Labute approximate surface area is 118 Å². The third kappa shape index (κ3) is 3.79. The van der Waals surface area contributed by atoms with Gasteiger partial charge >= 0.3 is 0 Å². The predicted molar refractivity (Wildman–Crippen MR) is 76.2 cm³/mol. The standard InChI is InChI=1S/C11H13N3OS3/c1-7(9-4-3-5-16-9)12-10(15)6-17-11-14-13-8(2)18-11/h3-5,7H,6H2,1-2H3,(H,12,15)/t7-/m0/s1. The van der Waals surface area contributed by atoms with Gasteiger partial charge in [0.05, 0.1) is 11.8 Å². The molecule has 18 heavy (non-hydrogen) atoms. The van der Waals surface area contributed by atoms with E-state index < -0.39 is 0 Å². The maximum absolute atomic E-state index is 11.8. The van der Waals surface area contributed by atoms with Gasteiger partial charge < -0.3 is 5.32 Å². The Morgan fingerprint density at radius 2 is 2.39 bits per heavy atom. The Balaban J connectivity index is 1.78. The molecule has 0 spiro atoms. The van der Waals surface area contributed by atoms with Crippen LogP contribution in [0, 0.1) is 6.92 Å². The molecule has 0 saturated carbocycles.